The van der Waals surface area contributed by atoms with Crippen LogP contribution in [-0.4, -0.2) is 42.6 Å². The Morgan fingerprint density at radius 2 is 2.38 bits per heavy atom. The molecular formula is C9H18N2O2. The van der Waals surface area contributed by atoms with Crippen LogP contribution in [0.1, 0.15) is 20.3 Å². The number of nitrogens with two attached hydrogens (primary N) is 1. The van der Waals surface area contributed by atoms with Crippen molar-refractivity contribution in [3.8, 4) is 0 Å². The van der Waals surface area contributed by atoms with Crippen molar-refractivity contribution in [2.45, 2.75) is 32.4 Å². The summed E-state index contributed by atoms with van der Waals surface area (Å²) in [5.74, 6) is -0.149. The maximum atomic E-state index is 11.2. The molecule has 1 aliphatic rings. The quantitative estimate of drug-likeness (QED) is 0.629. The largest absolute Gasteiger partial charge is 0.462 e. The van der Waals surface area contributed by atoms with Gasteiger partial charge in [0.2, 0.25) is 0 Å². The van der Waals surface area contributed by atoms with Gasteiger partial charge in [-0.1, -0.05) is 0 Å². The summed E-state index contributed by atoms with van der Waals surface area (Å²) < 4.78 is 5.03. The Morgan fingerprint density at radius 1 is 1.69 bits per heavy atom. The highest BCUT2D eigenvalue weighted by molar-refractivity contribution is 5.71. The number of ether oxygens (including phenoxy) is 1. The Morgan fingerprint density at radius 3 is 2.85 bits per heavy atom. The van der Waals surface area contributed by atoms with Gasteiger partial charge in [-0.25, -0.2) is 0 Å². The Bertz CT molecular complexity index is 182. The molecule has 2 N–H and O–H groups in total. The number of rotatable bonds is 3. The van der Waals surface area contributed by atoms with Crippen LogP contribution < -0.4 is 5.73 Å². The predicted octanol–water partition coefficient (Wildman–Crippen LogP) is -0.0290. The number of hydrogen-bond acceptors (Lipinski definition) is 4. The number of likely N-dealkylation sites (tertiary alicyclic amines) is 1. The molecule has 0 spiro atoms. The highest BCUT2D eigenvalue weighted by Crippen LogP contribution is 2.06. The SMILES string of the molecule is CC(C)OC(=O)CN1CCC(N)C1. The molecule has 0 aromatic carbocycles. The van der Waals surface area contributed by atoms with Crippen molar-refractivity contribution in [2.75, 3.05) is 19.6 Å². The van der Waals surface area contributed by atoms with Gasteiger partial charge >= 0.3 is 5.97 Å². The van der Waals surface area contributed by atoms with Crippen LogP contribution >= 0.6 is 0 Å². The van der Waals surface area contributed by atoms with Gasteiger partial charge in [-0.05, 0) is 20.3 Å². The van der Waals surface area contributed by atoms with Gasteiger partial charge in [-0.2, -0.15) is 0 Å². The van der Waals surface area contributed by atoms with E-state index in [-0.39, 0.29) is 18.1 Å². The van der Waals surface area contributed by atoms with Crippen LogP contribution in [-0.2, 0) is 9.53 Å². The number of esters is 1. The summed E-state index contributed by atoms with van der Waals surface area (Å²) in [5, 5.41) is 0. The van der Waals surface area contributed by atoms with Crippen LogP contribution in [0.3, 0.4) is 0 Å². The second-order valence-electron chi connectivity index (χ2n) is 3.82. The lowest BCUT2D eigenvalue weighted by atomic mass is 10.3. The minimum Gasteiger partial charge on any atom is -0.462 e. The van der Waals surface area contributed by atoms with Gasteiger partial charge in [0.25, 0.3) is 0 Å². The van der Waals surface area contributed by atoms with Crippen LogP contribution in [0.25, 0.3) is 0 Å². The Hall–Kier alpha value is -0.610. The maximum absolute atomic E-state index is 11.2. The van der Waals surface area contributed by atoms with Gasteiger partial charge in [0, 0.05) is 19.1 Å². The lowest BCUT2D eigenvalue weighted by Gasteiger charge is -2.15. The molecule has 0 bridgehead atoms. The molecular weight excluding hydrogens is 168 g/mol. The van der Waals surface area contributed by atoms with Crippen LogP contribution in [0.4, 0.5) is 0 Å². The van der Waals surface area contributed by atoms with Crippen molar-refractivity contribution in [2.24, 2.45) is 5.73 Å². The third kappa shape index (κ3) is 3.74. The highest BCUT2D eigenvalue weighted by atomic mass is 16.5. The first-order valence-electron chi connectivity index (χ1n) is 4.75. The summed E-state index contributed by atoms with van der Waals surface area (Å²) in [6.07, 6.45) is 0.957. The molecule has 0 radical (unpaired) electrons. The van der Waals surface area contributed by atoms with E-state index in [0.29, 0.717) is 6.54 Å². The van der Waals surface area contributed by atoms with Crippen LogP contribution in [0.15, 0.2) is 0 Å². The van der Waals surface area contributed by atoms with Crippen molar-refractivity contribution < 1.29 is 9.53 Å². The summed E-state index contributed by atoms with van der Waals surface area (Å²) in [5.41, 5.74) is 5.71. The zero-order chi connectivity index (χ0) is 9.84. The smallest absolute Gasteiger partial charge is 0.320 e. The predicted molar refractivity (Wildman–Crippen MR) is 50.3 cm³/mol. The van der Waals surface area contributed by atoms with Gasteiger partial charge in [0.1, 0.15) is 0 Å². The summed E-state index contributed by atoms with van der Waals surface area (Å²) in [4.78, 5) is 13.2. The molecule has 1 heterocycles. The lowest BCUT2D eigenvalue weighted by Crippen LogP contribution is -2.32. The Kier molecular flexibility index (Phi) is 3.69. The van der Waals surface area contributed by atoms with E-state index in [0.717, 1.165) is 19.5 Å². The fourth-order valence-corrected chi connectivity index (χ4v) is 1.49. The van der Waals surface area contributed by atoms with Crippen molar-refractivity contribution in [1.29, 1.82) is 0 Å². The molecule has 1 aliphatic heterocycles. The van der Waals surface area contributed by atoms with E-state index in [1.54, 1.807) is 0 Å². The molecule has 0 aromatic heterocycles. The Balaban J connectivity index is 2.21. The summed E-state index contributed by atoms with van der Waals surface area (Å²) in [6.45, 7) is 5.81. The van der Waals surface area contributed by atoms with E-state index in [2.05, 4.69) is 0 Å². The van der Waals surface area contributed by atoms with Gasteiger partial charge in [0.05, 0.1) is 12.6 Å². The molecule has 0 aliphatic carbocycles. The van der Waals surface area contributed by atoms with E-state index in [1.807, 2.05) is 18.7 Å². The van der Waals surface area contributed by atoms with Crippen LogP contribution in [0, 0.1) is 0 Å². The van der Waals surface area contributed by atoms with E-state index < -0.39 is 0 Å². The first-order chi connectivity index (χ1) is 6.08. The summed E-state index contributed by atoms with van der Waals surface area (Å²) in [7, 11) is 0. The standard InChI is InChI=1S/C9H18N2O2/c1-7(2)13-9(12)6-11-4-3-8(10)5-11/h7-8H,3-6,10H2,1-2H3. The maximum Gasteiger partial charge on any atom is 0.320 e. The third-order valence-electron chi connectivity index (χ3n) is 2.03. The molecule has 4 heteroatoms. The zero-order valence-electron chi connectivity index (χ0n) is 8.32. The average molecular weight is 186 g/mol. The van der Waals surface area contributed by atoms with Gasteiger partial charge < -0.3 is 10.5 Å². The molecule has 0 amide bonds. The first-order valence-corrected chi connectivity index (χ1v) is 4.75. The van der Waals surface area contributed by atoms with Crippen molar-refractivity contribution in [3.05, 3.63) is 0 Å². The van der Waals surface area contributed by atoms with Crippen molar-refractivity contribution >= 4 is 5.97 Å². The molecule has 4 nitrogen and oxygen atoms in total. The van der Waals surface area contributed by atoms with E-state index in [4.69, 9.17) is 10.5 Å². The first kappa shape index (κ1) is 10.5. The molecule has 13 heavy (non-hydrogen) atoms. The van der Waals surface area contributed by atoms with E-state index in [1.165, 1.54) is 0 Å². The second kappa shape index (κ2) is 4.58. The molecule has 76 valence electrons. The minimum atomic E-state index is -0.149. The highest BCUT2D eigenvalue weighted by Gasteiger charge is 2.21. The average Bonchev–Trinajstić information content (AvgIpc) is 2.33. The number of carbonyl (C=O) groups is 1. The van der Waals surface area contributed by atoms with Gasteiger partial charge in [-0.15, -0.1) is 0 Å². The Labute approximate surface area is 79.0 Å². The molecule has 1 unspecified atom stereocenters. The van der Waals surface area contributed by atoms with Gasteiger partial charge in [0.15, 0.2) is 0 Å². The minimum absolute atomic E-state index is 0.0243. The summed E-state index contributed by atoms with van der Waals surface area (Å²) in [6, 6.07) is 0.229. The zero-order valence-corrected chi connectivity index (χ0v) is 8.32. The molecule has 1 saturated heterocycles. The molecule has 0 saturated carbocycles. The second-order valence-corrected chi connectivity index (χ2v) is 3.82. The van der Waals surface area contributed by atoms with Crippen molar-refractivity contribution in [1.82, 2.24) is 4.90 Å². The third-order valence-corrected chi connectivity index (χ3v) is 2.03. The van der Waals surface area contributed by atoms with Crippen molar-refractivity contribution in [3.63, 3.8) is 0 Å². The van der Waals surface area contributed by atoms with E-state index >= 15 is 0 Å². The fourth-order valence-electron chi connectivity index (χ4n) is 1.49. The van der Waals surface area contributed by atoms with Crippen LogP contribution in [0.2, 0.25) is 0 Å². The molecule has 1 atom stereocenters. The number of nitrogens with zero attached hydrogens (tertiary/aromatic N) is 1. The van der Waals surface area contributed by atoms with Crippen LogP contribution in [0.5, 0.6) is 0 Å². The lowest BCUT2D eigenvalue weighted by molar-refractivity contribution is -0.148. The number of hydrogen-bond donors (Lipinski definition) is 1. The fraction of sp³-hybridized carbons (Fsp3) is 0.889. The molecule has 1 rings (SSSR count). The molecule has 0 aromatic rings. The topological polar surface area (TPSA) is 55.6 Å². The molecule has 1 fully saturated rings. The normalized spacial score (nSPS) is 23.8. The number of carbonyl (C=O) groups excluding carboxylic acids is 1. The van der Waals surface area contributed by atoms with E-state index in [9.17, 15) is 4.79 Å². The monoisotopic (exact) mass is 186 g/mol. The summed E-state index contributed by atoms with van der Waals surface area (Å²) >= 11 is 0. The van der Waals surface area contributed by atoms with Gasteiger partial charge in [-0.3, -0.25) is 9.69 Å².